The molecule has 0 unspecified atom stereocenters. The number of pyridine rings is 1. The molecule has 0 N–H and O–H groups in total. The van der Waals surface area contributed by atoms with Crippen molar-refractivity contribution in [3.05, 3.63) is 39.7 Å². The number of hydrogen-bond donors (Lipinski definition) is 1. The number of hydrogen-bond acceptors (Lipinski definition) is 4. The maximum Gasteiger partial charge on any atom is 0.288 e. The molecule has 0 aromatic carbocycles. The molecule has 0 saturated heterocycles. The summed E-state index contributed by atoms with van der Waals surface area (Å²) in [5, 5.41) is 10.5. The SMILES string of the molecule is Cc1ncc([N+](=O)[O-])cc1C=CCCS. The van der Waals surface area contributed by atoms with Gasteiger partial charge in [0.2, 0.25) is 0 Å². The van der Waals surface area contributed by atoms with Gasteiger partial charge in [0.25, 0.3) is 5.69 Å². The molecule has 0 amide bonds. The normalized spacial score (nSPS) is 10.8. The van der Waals surface area contributed by atoms with Crippen molar-refractivity contribution >= 4 is 24.4 Å². The van der Waals surface area contributed by atoms with E-state index in [4.69, 9.17) is 0 Å². The second kappa shape index (κ2) is 5.50. The van der Waals surface area contributed by atoms with Crippen LogP contribution in [0.4, 0.5) is 5.69 Å². The summed E-state index contributed by atoms with van der Waals surface area (Å²) in [5.74, 6) is 0.762. The van der Waals surface area contributed by atoms with E-state index in [2.05, 4.69) is 17.6 Å². The highest BCUT2D eigenvalue weighted by atomic mass is 32.1. The third kappa shape index (κ3) is 3.36. The maximum atomic E-state index is 10.5. The molecule has 0 aliphatic heterocycles. The minimum Gasteiger partial charge on any atom is -0.258 e. The van der Waals surface area contributed by atoms with Gasteiger partial charge in [-0.3, -0.25) is 15.1 Å². The monoisotopic (exact) mass is 224 g/mol. The molecule has 4 nitrogen and oxygen atoms in total. The fourth-order valence-electron chi connectivity index (χ4n) is 1.09. The molecule has 15 heavy (non-hydrogen) atoms. The Balaban J connectivity index is 2.95. The fourth-order valence-corrected chi connectivity index (χ4v) is 1.24. The van der Waals surface area contributed by atoms with Gasteiger partial charge >= 0.3 is 0 Å². The van der Waals surface area contributed by atoms with E-state index in [0.717, 1.165) is 23.4 Å². The Kier molecular flexibility index (Phi) is 4.30. The van der Waals surface area contributed by atoms with Crippen molar-refractivity contribution in [2.75, 3.05) is 5.75 Å². The molecule has 0 spiro atoms. The van der Waals surface area contributed by atoms with Crippen LogP contribution >= 0.6 is 12.6 Å². The maximum absolute atomic E-state index is 10.5. The molecule has 5 heteroatoms. The Morgan fingerprint density at radius 3 is 3.00 bits per heavy atom. The molecular weight excluding hydrogens is 212 g/mol. The molecule has 0 atom stereocenters. The third-order valence-corrected chi connectivity index (χ3v) is 2.17. The van der Waals surface area contributed by atoms with Crippen LogP contribution in [0.1, 0.15) is 17.7 Å². The van der Waals surface area contributed by atoms with Crippen molar-refractivity contribution < 1.29 is 4.92 Å². The van der Waals surface area contributed by atoms with Crippen LogP contribution in [0.15, 0.2) is 18.3 Å². The zero-order valence-corrected chi connectivity index (χ0v) is 9.28. The molecule has 1 aromatic rings. The predicted molar refractivity (Wildman–Crippen MR) is 63.1 cm³/mol. The summed E-state index contributed by atoms with van der Waals surface area (Å²) in [5.41, 5.74) is 1.59. The number of allylic oxidation sites excluding steroid dienone is 1. The summed E-state index contributed by atoms with van der Waals surface area (Å²) in [7, 11) is 0. The largest absolute Gasteiger partial charge is 0.288 e. The van der Waals surface area contributed by atoms with Crippen LogP contribution in [0.3, 0.4) is 0 Å². The van der Waals surface area contributed by atoms with E-state index < -0.39 is 4.92 Å². The van der Waals surface area contributed by atoms with Crippen molar-refractivity contribution in [2.24, 2.45) is 0 Å². The topological polar surface area (TPSA) is 56.0 Å². The van der Waals surface area contributed by atoms with Crippen molar-refractivity contribution in [3.63, 3.8) is 0 Å². The second-order valence-corrected chi connectivity index (χ2v) is 3.49. The molecule has 1 heterocycles. The molecule has 0 saturated carbocycles. The molecule has 0 radical (unpaired) electrons. The van der Waals surface area contributed by atoms with Gasteiger partial charge in [0.15, 0.2) is 0 Å². The lowest BCUT2D eigenvalue weighted by atomic mass is 10.1. The van der Waals surface area contributed by atoms with E-state index >= 15 is 0 Å². The Labute approximate surface area is 93.6 Å². The number of aryl methyl sites for hydroxylation is 1. The second-order valence-electron chi connectivity index (χ2n) is 3.04. The summed E-state index contributed by atoms with van der Waals surface area (Å²) in [6.45, 7) is 1.82. The highest BCUT2D eigenvalue weighted by molar-refractivity contribution is 7.80. The van der Waals surface area contributed by atoms with Gasteiger partial charge in [-0.2, -0.15) is 12.6 Å². The van der Waals surface area contributed by atoms with Crippen LogP contribution in [-0.4, -0.2) is 15.7 Å². The van der Waals surface area contributed by atoms with Gasteiger partial charge < -0.3 is 0 Å². The van der Waals surface area contributed by atoms with E-state index in [1.54, 1.807) is 0 Å². The number of rotatable bonds is 4. The number of thiol groups is 1. The van der Waals surface area contributed by atoms with Gasteiger partial charge in [-0.25, -0.2) is 0 Å². The van der Waals surface area contributed by atoms with Gasteiger partial charge in [0, 0.05) is 17.3 Å². The van der Waals surface area contributed by atoms with Crippen LogP contribution in [0.5, 0.6) is 0 Å². The van der Waals surface area contributed by atoms with Gasteiger partial charge in [-0.05, 0) is 19.1 Å². The zero-order valence-electron chi connectivity index (χ0n) is 8.38. The van der Waals surface area contributed by atoms with Crippen molar-refractivity contribution in [1.82, 2.24) is 4.98 Å². The first kappa shape index (κ1) is 11.7. The third-order valence-electron chi connectivity index (χ3n) is 1.92. The van der Waals surface area contributed by atoms with Gasteiger partial charge in [0.1, 0.15) is 6.20 Å². The summed E-state index contributed by atoms with van der Waals surface area (Å²) in [6.07, 6.45) is 5.88. The van der Waals surface area contributed by atoms with E-state index in [9.17, 15) is 10.1 Å². The minimum absolute atomic E-state index is 0.0196. The lowest BCUT2D eigenvalue weighted by Crippen LogP contribution is -1.93. The first-order valence-corrected chi connectivity index (χ1v) is 5.17. The molecule has 0 aliphatic carbocycles. The van der Waals surface area contributed by atoms with Crippen LogP contribution in [-0.2, 0) is 0 Å². The Bertz CT molecular complexity index is 391. The molecule has 80 valence electrons. The first-order chi connectivity index (χ1) is 7.15. The lowest BCUT2D eigenvalue weighted by Gasteiger charge is -1.98. The van der Waals surface area contributed by atoms with E-state index in [1.807, 2.05) is 19.1 Å². The predicted octanol–water partition coefficient (Wildman–Crippen LogP) is 2.63. The van der Waals surface area contributed by atoms with Crippen LogP contribution in [0.25, 0.3) is 6.08 Å². The van der Waals surface area contributed by atoms with Crippen molar-refractivity contribution in [3.8, 4) is 0 Å². The van der Waals surface area contributed by atoms with Gasteiger partial charge in [0.05, 0.1) is 4.92 Å². The molecule has 1 rings (SSSR count). The lowest BCUT2D eigenvalue weighted by molar-refractivity contribution is -0.385. The molecule has 0 bridgehead atoms. The van der Waals surface area contributed by atoms with Crippen LogP contribution < -0.4 is 0 Å². The summed E-state index contributed by atoms with van der Waals surface area (Å²) in [4.78, 5) is 14.0. The molecule has 1 aromatic heterocycles. The quantitative estimate of drug-likeness (QED) is 0.486. The number of aromatic nitrogens is 1. The number of nitrogens with zero attached hydrogens (tertiary/aromatic N) is 2. The Morgan fingerprint density at radius 1 is 1.67 bits per heavy atom. The smallest absolute Gasteiger partial charge is 0.258 e. The average molecular weight is 224 g/mol. The van der Waals surface area contributed by atoms with E-state index in [0.29, 0.717) is 0 Å². The fraction of sp³-hybridized carbons (Fsp3) is 0.300. The Hall–Kier alpha value is -1.36. The average Bonchev–Trinajstić information content (AvgIpc) is 2.20. The Morgan fingerprint density at radius 2 is 2.40 bits per heavy atom. The van der Waals surface area contributed by atoms with Gasteiger partial charge in [-0.1, -0.05) is 12.2 Å². The first-order valence-electron chi connectivity index (χ1n) is 4.53. The van der Waals surface area contributed by atoms with E-state index in [1.165, 1.54) is 12.3 Å². The summed E-state index contributed by atoms with van der Waals surface area (Å²) in [6, 6.07) is 1.53. The highest BCUT2D eigenvalue weighted by Gasteiger charge is 2.07. The zero-order chi connectivity index (χ0) is 11.3. The van der Waals surface area contributed by atoms with Crippen LogP contribution in [0, 0.1) is 17.0 Å². The molecule has 0 aliphatic rings. The van der Waals surface area contributed by atoms with Gasteiger partial charge in [-0.15, -0.1) is 0 Å². The minimum atomic E-state index is -0.442. The van der Waals surface area contributed by atoms with E-state index in [-0.39, 0.29) is 5.69 Å². The van der Waals surface area contributed by atoms with Crippen molar-refractivity contribution in [2.45, 2.75) is 13.3 Å². The molecular formula is C10H12N2O2S. The summed E-state index contributed by atoms with van der Waals surface area (Å²) >= 11 is 4.07. The number of nitro groups is 1. The van der Waals surface area contributed by atoms with Crippen LogP contribution in [0.2, 0.25) is 0 Å². The molecule has 0 fully saturated rings. The highest BCUT2D eigenvalue weighted by Crippen LogP contribution is 2.16. The van der Waals surface area contributed by atoms with Crippen molar-refractivity contribution in [1.29, 1.82) is 0 Å². The standard InChI is InChI=1S/C10H12N2O2S/c1-8-9(4-2-3-5-15)6-10(7-11-8)12(13)14/h2,4,6-7,15H,3,5H2,1H3. The summed E-state index contributed by atoms with van der Waals surface area (Å²) < 4.78 is 0.